The highest BCUT2D eigenvalue weighted by Crippen LogP contribution is 2.37. The molecule has 0 spiro atoms. The third-order valence-electron chi connectivity index (χ3n) is 5.13. The maximum absolute atomic E-state index is 13.3. The Balaban J connectivity index is 2.44. The van der Waals surface area contributed by atoms with Crippen LogP contribution in [0.2, 0.25) is 5.02 Å². The number of carbonyl (C=O) groups excluding carboxylic acids is 2. The van der Waals surface area contributed by atoms with Crippen molar-refractivity contribution in [3.05, 3.63) is 64.7 Å². The van der Waals surface area contributed by atoms with Crippen molar-refractivity contribution in [2.75, 3.05) is 23.7 Å². The van der Waals surface area contributed by atoms with Gasteiger partial charge in [-0.1, -0.05) is 48.9 Å². The zero-order chi connectivity index (χ0) is 26.4. The molecule has 0 unspecified atom stereocenters. The Bertz CT molecular complexity index is 1140. The van der Waals surface area contributed by atoms with E-state index in [1.807, 2.05) is 6.92 Å². The first-order valence-corrected chi connectivity index (χ1v) is 12.9. The predicted molar refractivity (Wildman–Crippen MR) is 128 cm³/mol. The lowest BCUT2D eigenvalue weighted by atomic mass is 10.1. The molecule has 0 heterocycles. The first kappa shape index (κ1) is 28.4. The van der Waals surface area contributed by atoms with Gasteiger partial charge in [0.15, 0.2) is 0 Å². The lowest BCUT2D eigenvalue weighted by Crippen LogP contribution is -2.51. The monoisotopic (exact) mass is 533 g/mol. The first-order valence-electron chi connectivity index (χ1n) is 10.7. The molecule has 0 radical (unpaired) electrons. The predicted octanol–water partition coefficient (Wildman–Crippen LogP) is 4.07. The van der Waals surface area contributed by atoms with Crippen LogP contribution in [0.5, 0.6) is 0 Å². The summed E-state index contributed by atoms with van der Waals surface area (Å²) in [5.74, 6) is -1.20. The third kappa shape index (κ3) is 7.86. The molecule has 0 aliphatic carbocycles. The van der Waals surface area contributed by atoms with Crippen molar-refractivity contribution < 1.29 is 31.2 Å². The zero-order valence-corrected chi connectivity index (χ0v) is 21.0. The number of nitrogens with zero attached hydrogens (tertiary/aromatic N) is 2. The standard InChI is InChI=1S/C23H27ClF3N3O4S/c1-4-12-28-22(32)16(2)29(14-17-8-6-5-7-9-17)21(31)15-30(35(3,33)34)18-10-11-20(24)19(13-18)23(25,26)27/h5-11,13,16H,4,12,14-15H2,1-3H3,(H,28,32)/t16-/m0/s1. The van der Waals surface area contributed by atoms with Crippen LogP contribution in [0.4, 0.5) is 18.9 Å². The Kier molecular flexibility index (Phi) is 9.56. The van der Waals surface area contributed by atoms with Crippen molar-refractivity contribution in [1.82, 2.24) is 10.2 Å². The van der Waals surface area contributed by atoms with Gasteiger partial charge in [0.2, 0.25) is 21.8 Å². The molecule has 0 saturated carbocycles. The van der Waals surface area contributed by atoms with E-state index < -0.39 is 51.2 Å². The van der Waals surface area contributed by atoms with Crippen LogP contribution in [0.15, 0.2) is 48.5 Å². The minimum atomic E-state index is -4.83. The van der Waals surface area contributed by atoms with E-state index in [1.54, 1.807) is 30.3 Å². The summed E-state index contributed by atoms with van der Waals surface area (Å²) in [6.07, 6.45) is -3.38. The van der Waals surface area contributed by atoms with Crippen LogP contribution in [0.25, 0.3) is 0 Å². The van der Waals surface area contributed by atoms with Crippen molar-refractivity contribution in [2.45, 2.75) is 39.0 Å². The Hall–Kier alpha value is -2.79. The van der Waals surface area contributed by atoms with Crippen molar-refractivity contribution >= 4 is 39.1 Å². The van der Waals surface area contributed by atoms with E-state index in [4.69, 9.17) is 11.6 Å². The summed E-state index contributed by atoms with van der Waals surface area (Å²) in [6, 6.07) is 10.4. The Morgan fingerprint density at radius 1 is 1.11 bits per heavy atom. The normalized spacial score (nSPS) is 12.7. The van der Waals surface area contributed by atoms with E-state index in [1.165, 1.54) is 11.8 Å². The zero-order valence-electron chi connectivity index (χ0n) is 19.5. The van der Waals surface area contributed by atoms with Crippen LogP contribution >= 0.6 is 11.6 Å². The summed E-state index contributed by atoms with van der Waals surface area (Å²) in [4.78, 5) is 27.1. The SMILES string of the molecule is CCCNC(=O)[C@H](C)N(Cc1ccccc1)C(=O)CN(c1ccc(Cl)c(C(F)(F)F)c1)S(C)(=O)=O. The van der Waals surface area contributed by atoms with Crippen LogP contribution in [-0.4, -0.2) is 50.5 Å². The molecule has 0 aliphatic rings. The minimum absolute atomic E-state index is 0.00753. The molecule has 0 aromatic heterocycles. The third-order valence-corrected chi connectivity index (χ3v) is 6.60. The largest absolute Gasteiger partial charge is 0.417 e. The van der Waals surface area contributed by atoms with Gasteiger partial charge in [-0.25, -0.2) is 8.42 Å². The lowest BCUT2D eigenvalue weighted by Gasteiger charge is -2.31. The number of benzene rings is 2. The molecule has 2 amide bonds. The van der Waals surface area contributed by atoms with Crippen LogP contribution in [0, 0.1) is 0 Å². The molecular weight excluding hydrogens is 507 g/mol. The van der Waals surface area contributed by atoms with E-state index in [-0.39, 0.29) is 12.2 Å². The van der Waals surface area contributed by atoms with Crippen LogP contribution in [-0.2, 0) is 32.3 Å². The fourth-order valence-corrected chi connectivity index (χ4v) is 4.32. The van der Waals surface area contributed by atoms with Gasteiger partial charge in [-0.3, -0.25) is 13.9 Å². The highest BCUT2D eigenvalue weighted by Gasteiger charge is 2.35. The van der Waals surface area contributed by atoms with E-state index in [2.05, 4.69) is 5.32 Å². The molecule has 0 bridgehead atoms. The van der Waals surface area contributed by atoms with Gasteiger partial charge in [-0.15, -0.1) is 0 Å². The Labute approximate surface area is 207 Å². The fourth-order valence-electron chi connectivity index (χ4n) is 3.26. The second kappa shape index (κ2) is 11.8. The van der Waals surface area contributed by atoms with E-state index in [0.717, 1.165) is 18.4 Å². The summed E-state index contributed by atoms with van der Waals surface area (Å²) in [5.41, 5.74) is -0.917. The molecule has 1 N–H and O–H groups in total. The molecule has 2 rings (SSSR count). The first-order chi connectivity index (χ1) is 16.3. The quantitative estimate of drug-likeness (QED) is 0.499. The molecule has 2 aromatic carbocycles. The molecule has 1 atom stereocenters. The van der Waals surface area contributed by atoms with Crippen LogP contribution in [0.3, 0.4) is 0 Å². The number of halogens is 4. The lowest BCUT2D eigenvalue weighted by molar-refractivity contribution is -0.139. The molecule has 0 fully saturated rings. The van der Waals surface area contributed by atoms with Crippen molar-refractivity contribution in [2.24, 2.45) is 0 Å². The number of carbonyl (C=O) groups is 2. The van der Waals surface area contributed by atoms with Gasteiger partial charge in [0.05, 0.1) is 22.5 Å². The number of rotatable bonds is 10. The second-order valence-corrected chi connectivity index (χ2v) is 10.2. The Morgan fingerprint density at radius 3 is 2.29 bits per heavy atom. The average Bonchev–Trinajstić information content (AvgIpc) is 2.78. The highest BCUT2D eigenvalue weighted by atomic mass is 35.5. The van der Waals surface area contributed by atoms with Crippen molar-refractivity contribution in [3.63, 3.8) is 0 Å². The maximum atomic E-state index is 13.3. The van der Waals surface area contributed by atoms with Gasteiger partial charge in [-0.2, -0.15) is 13.2 Å². The average molecular weight is 534 g/mol. The number of hydrogen-bond donors (Lipinski definition) is 1. The second-order valence-electron chi connectivity index (χ2n) is 7.91. The smallest absolute Gasteiger partial charge is 0.354 e. The Morgan fingerprint density at radius 2 is 1.74 bits per heavy atom. The van der Waals surface area contributed by atoms with E-state index >= 15 is 0 Å². The number of alkyl halides is 3. The van der Waals surface area contributed by atoms with E-state index in [9.17, 15) is 31.2 Å². The number of hydrogen-bond acceptors (Lipinski definition) is 4. The molecule has 0 saturated heterocycles. The van der Waals surface area contributed by atoms with E-state index in [0.29, 0.717) is 28.9 Å². The molecule has 2 aromatic rings. The topological polar surface area (TPSA) is 86.8 Å². The number of nitrogens with one attached hydrogen (secondary N) is 1. The van der Waals surface area contributed by atoms with Crippen molar-refractivity contribution in [1.29, 1.82) is 0 Å². The number of sulfonamides is 1. The maximum Gasteiger partial charge on any atom is 0.417 e. The molecule has 35 heavy (non-hydrogen) atoms. The van der Waals surface area contributed by atoms with Gasteiger partial charge in [0.25, 0.3) is 0 Å². The molecule has 12 heteroatoms. The molecule has 0 aliphatic heterocycles. The van der Waals surface area contributed by atoms with Gasteiger partial charge < -0.3 is 10.2 Å². The summed E-state index contributed by atoms with van der Waals surface area (Å²) in [6.45, 7) is 2.93. The van der Waals surface area contributed by atoms with Gasteiger partial charge >= 0.3 is 6.18 Å². The summed E-state index contributed by atoms with van der Waals surface area (Å²) >= 11 is 5.66. The fraction of sp³-hybridized carbons (Fsp3) is 0.391. The number of anilines is 1. The summed E-state index contributed by atoms with van der Waals surface area (Å²) in [7, 11) is -4.18. The number of amides is 2. The van der Waals surface area contributed by atoms with Gasteiger partial charge in [0.1, 0.15) is 12.6 Å². The van der Waals surface area contributed by atoms with Crippen LogP contribution in [0.1, 0.15) is 31.4 Å². The summed E-state index contributed by atoms with van der Waals surface area (Å²) in [5, 5.41) is 2.09. The van der Waals surface area contributed by atoms with Crippen LogP contribution < -0.4 is 9.62 Å². The van der Waals surface area contributed by atoms with Gasteiger partial charge in [-0.05, 0) is 37.1 Å². The van der Waals surface area contributed by atoms with Gasteiger partial charge in [0, 0.05) is 13.1 Å². The molecular formula is C23H27ClF3N3O4S. The van der Waals surface area contributed by atoms with Crippen molar-refractivity contribution in [3.8, 4) is 0 Å². The summed E-state index contributed by atoms with van der Waals surface area (Å²) < 4.78 is 65.6. The highest BCUT2D eigenvalue weighted by molar-refractivity contribution is 7.92. The molecule has 7 nitrogen and oxygen atoms in total. The minimum Gasteiger partial charge on any atom is -0.354 e. The molecule has 192 valence electrons.